The largest absolute Gasteiger partial charge is 0.466 e. The van der Waals surface area contributed by atoms with Crippen molar-refractivity contribution in [3.63, 3.8) is 0 Å². The molecule has 0 aromatic heterocycles. The molecule has 0 rings (SSSR count). The molecule has 0 aromatic rings. The van der Waals surface area contributed by atoms with Gasteiger partial charge in [0.2, 0.25) is 0 Å². The van der Waals surface area contributed by atoms with Crippen molar-refractivity contribution in [1.29, 1.82) is 0 Å². The molecule has 0 N–H and O–H groups in total. The Morgan fingerprint density at radius 3 is 1.41 bits per heavy atom. The summed E-state index contributed by atoms with van der Waals surface area (Å²) in [5.74, 6) is -0.0138. The number of esters is 1. The van der Waals surface area contributed by atoms with Gasteiger partial charge in [0.25, 0.3) is 0 Å². The Kier molecular flexibility index (Phi) is 24.6. The Morgan fingerprint density at radius 1 is 0.552 bits per heavy atom. The first kappa shape index (κ1) is 28.2. The zero-order valence-corrected chi connectivity index (χ0v) is 20.0. The van der Waals surface area contributed by atoms with E-state index in [0.29, 0.717) is 13.0 Å². The van der Waals surface area contributed by atoms with Crippen molar-refractivity contribution in [2.45, 2.75) is 149 Å². The maximum absolute atomic E-state index is 11.4. The maximum Gasteiger partial charge on any atom is 0.305 e. The molecule has 0 aliphatic rings. The highest BCUT2D eigenvalue weighted by Gasteiger charge is 2.01. The van der Waals surface area contributed by atoms with Crippen LogP contribution in [0.1, 0.15) is 149 Å². The fourth-order valence-corrected chi connectivity index (χ4v) is 3.69. The molecular weight excluding hydrogens is 356 g/mol. The van der Waals surface area contributed by atoms with Crippen LogP contribution in [0.5, 0.6) is 0 Å². The van der Waals surface area contributed by atoms with Crippen molar-refractivity contribution < 1.29 is 9.53 Å². The first-order chi connectivity index (χ1) is 14.3. The lowest BCUT2D eigenvalue weighted by molar-refractivity contribution is -0.143. The Balaban J connectivity index is 3.11. The molecule has 0 spiro atoms. The minimum Gasteiger partial charge on any atom is -0.466 e. The summed E-state index contributed by atoms with van der Waals surface area (Å²) in [5.41, 5.74) is 0. The van der Waals surface area contributed by atoms with Crippen LogP contribution in [0, 0.1) is 0 Å². The highest BCUT2D eigenvalue weighted by molar-refractivity contribution is 5.69. The molecule has 0 aromatic carbocycles. The van der Waals surface area contributed by atoms with Crippen LogP contribution in [0.15, 0.2) is 12.2 Å². The summed E-state index contributed by atoms with van der Waals surface area (Å²) in [6, 6.07) is 0. The van der Waals surface area contributed by atoms with E-state index < -0.39 is 0 Å². The summed E-state index contributed by atoms with van der Waals surface area (Å²) in [7, 11) is 0. The van der Waals surface area contributed by atoms with Gasteiger partial charge in [0, 0.05) is 6.42 Å². The number of carbonyl (C=O) groups is 1. The SMILES string of the molecule is CCCCCCCC/C=C\CCCCCCCCCCCCCC(=O)OCCC. The van der Waals surface area contributed by atoms with E-state index in [0.717, 1.165) is 12.8 Å². The third kappa shape index (κ3) is 25.2. The highest BCUT2D eigenvalue weighted by atomic mass is 16.5. The van der Waals surface area contributed by atoms with Gasteiger partial charge in [0.15, 0.2) is 0 Å². The van der Waals surface area contributed by atoms with Gasteiger partial charge in [-0.3, -0.25) is 4.79 Å². The summed E-state index contributed by atoms with van der Waals surface area (Å²) in [5, 5.41) is 0. The van der Waals surface area contributed by atoms with Crippen LogP contribution in [0.3, 0.4) is 0 Å². The van der Waals surface area contributed by atoms with Crippen LogP contribution in [0.2, 0.25) is 0 Å². The second-order valence-electron chi connectivity index (χ2n) is 8.68. The van der Waals surface area contributed by atoms with Crippen LogP contribution in [0.4, 0.5) is 0 Å². The topological polar surface area (TPSA) is 26.3 Å². The van der Waals surface area contributed by atoms with E-state index >= 15 is 0 Å². The predicted molar refractivity (Wildman–Crippen MR) is 128 cm³/mol. The Morgan fingerprint density at radius 2 is 0.966 bits per heavy atom. The second kappa shape index (κ2) is 25.2. The molecule has 2 heteroatoms. The molecule has 0 bridgehead atoms. The van der Waals surface area contributed by atoms with E-state index in [1.807, 2.05) is 6.92 Å². The van der Waals surface area contributed by atoms with Gasteiger partial charge in [-0.2, -0.15) is 0 Å². The lowest BCUT2D eigenvalue weighted by atomic mass is 10.0. The Hall–Kier alpha value is -0.790. The zero-order valence-electron chi connectivity index (χ0n) is 20.0. The van der Waals surface area contributed by atoms with Crippen LogP contribution >= 0.6 is 0 Å². The van der Waals surface area contributed by atoms with Crippen molar-refractivity contribution in [1.82, 2.24) is 0 Å². The molecule has 0 unspecified atom stereocenters. The van der Waals surface area contributed by atoms with Crippen LogP contribution in [-0.4, -0.2) is 12.6 Å². The van der Waals surface area contributed by atoms with Crippen molar-refractivity contribution >= 4 is 5.97 Å². The number of hydrogen-bond acceptors (Lipinski definition) is 2. The average Bonchev–Trinajstić information content (AvgIpc) is 2.73. The summed E-state index contributed by atoms with van der Waals surface area (Å²) in [6.07, 6.45) is 31.8. The minimum atomic E-state index is -0.0138. The number of hydrogen-bond donors (Lipinski definition) is 0. The van der Waals surface area contributed by atoms with E-state index in [9.17, 15) is 4.79 Å². The predicted octanol–water partition coefficient (Wildman–Crippen LogP) is 9.32. The minimum absolute atomic E-state index is 0.0138. The summed E-state index contributed by atoms with van der Waals surface area (Å²) in [4.78, 5) is 11.4. The van der Waals surface area contributed by atoms with Crippen LogP contribution in [-0.2, 0) is 9.53 Å². The smallest absolute Gasteiger partial charge is 0.305 e. The maximum atomic E-state index is 11.4. The van der Waals surface area contributed by atoms with Gasteiger partial charge < -0.3 is 4.74 Å². The Labute approximate surface area is 183 Å². The molecule has 0 amide bonds. The number of unbranched alkanes of at least 4 members (excludes halogenated alkanes) is 17. The average molecular weight is 409 g/mol. The van der Waals surface area contributed by atoms with Crippen molar-refractivity contribution in [3.8, 4) is 0 Å². The molecule has 0 fully saturated rings. The second-order valence-corrected chi connectivity index (χ2v) is 8.68. The molecule has 0 aliphatic heterocycles. The van der Waals surface area contributed by atoms with E-state index in [-0.39, 0.29) is 5.97 Å². The fourth-order valence-electron chi connectivity index (χ4n) is 3.69. The van der Waals surface area contributed by atoms with Gasteiger partial charge in [0.05, 0.1) is 6.61 Å². The standard InChI is InChI=1S/C27H52O2/c1-3-5-6-7-8-9-10-11-12-13-14-15-16-17-18-19-20-21-22-23-24-25-27(28)29-26-4-2/h11-12H,3-10,13-26H2,1-2H3/b12-11-. The van der Waals surface area contributed by atoms with E-state index in [2.05, 4.69) is 19.1 Å². The molecular formula is C27H52O2. The number of carbonyl (C=O) groups excluding carboxylic acids is 1. The van der Waals surface area contributed by atoms with Crippen LogP contribution < -0.4 is 0 Å². The van der Waals surface area contributed by atoms with E-state index in [1.54, 1.807) is 0 Å². The molecule has 0 aliphatic carbocycles. The zero-order chi connectivity index (χ0) is 21.3. The summed E-state index contributed by atoms with van der Waals surface area (Å²) in [6.45, 7) is 4.89. The molecule has 2 nitrogen and oxygen atoms in total. The monoisotopic (exact) mass is 408 g/mol. The molecule has 0 saturated heterocycles. The fraction of sp³-hybridized carbons (Fsp3) is 0.889. The summed E-state index contributed by atoms with van der Waals surface area (Å²) < 4.78 is 5.09. The van der Waals surface area contributed by atoms with E-state index in [1.165, 1.54) is 116 Å². The molecule has 0 atom stereocenters. The van der Waals surface area contributed by atoms with Gasteiger partial charge in [-0.05, 0) is 38.5 Å². The first-order valence-corrected chi connectivity index (χ1v) is 13.1. The lowest BCUT2D eigenvalue weighted by Gasteiger charge is -2.04. The molecule has 0 radical (unpaired) electrons. The molecule has 0 saturated carbocycles. The van der Waals surface area contributed by atoms with Gasteiger partial charge in [-0.15, -0.1) is 0 Å². The lowest BCUT2D eigenvalue weighted by Crippen LogP contribution is -2.04. The highest BCUT2D eigenvalue weighted by Crippen LogP contribution is 2.13. The van der Waals surface area contributed by atoms with Gasteiger partial charge in [-0.25, -0.2) is 0 Å². The van der Waals surface area contributed by atoms with Gasteiger partial charge >= 0.3 is 5.97 Å². The molecule has 29 heavy (non-hydrogen) atoms. The normalized spacial score (nSPS) is 11.4. The third-order valence-electron chi connectivity index (χ3n) is 5.61. The quantitative estimate of drug-likeness (QED) is 0.0956. The molecule has 172 valence electrons. The van der Waals surface area contributed by atoms with Gasteiger partial charge in [0.1, 0.15) is 0 Å². The van der Waals surface area contributed by atoms with Crippen LogP contribution in [0.25, 0.3) is 0 Å². The first-order valence-electron chi connectivity index (χ1n) is 13.1. The van der Waals surface area contributed by atoms with Crippen molar-refractivity contribution in [2.24, 2.45) is 0 Å². The third-order valence-corrected chi connectivity index (χ3v) is 5.61. The molecule has 0 heterocycles. The van der Waals surface area contributed by atoms with Crippen molar-refractivity contribution in [2.75, 3.05) is 6.61 Å². The van der Waals surface area contributed by atoms with E-state index in [4.69, 9.17) is 4.74 Å². The number of ether oxygens (including phenoxy) is 1. The van der Waals surface area contributed by atoms with Gasteiger partial charge in [-0.1, -0.05) is 116 Å². The number of allylic oxidation sites excluding steroid dienone is 2. The summed E-state index contributed by atoms with van der Waals surface area (Å²) >= 11 is 0. The Bertz CT molecular complexity index is 348. The van der Waals surface area contributed by atoms with Crippen molar-refractivity contribution in [3.05, 3.63) is 12.2 Å². The number of rotatable bonds is 23.